The summed E-state index contributed by atoms with van der Waals surface area (Å²) in [4.78, 5) is 40.8. The van der Waals surface area contributed by atoms with Crippen molar-refractivity contribution in [1.82, 2.24) is 4.98 Å². The van der Waals surface area contributed by atoms with Crippen molar-refractivity contribution in [3.63, 3.8) is 0 Å². The molecule has 2 amide bonds. The Balaban J connectivity index is 1.83. The summed E-state index contributed by atoms with van der Waals surface area (Å²) in [6.45, 7) is 0. The molecule has 0 radical (unpaired) electrons. The first kappa shape index (κ1) is 18.9. The highest BCUT2D eigenvalue weighted by Gasteiger charge is 2.41. The number of amides is 2. The molecule has 1 fully saturated rings. The number of alkyl halides is 3. The molecule has 1 aromatic carbocycles. The Morgan fingerprint density at radius 3 is 2.44 bits per heavy atom. The number of carbonyl (C=O) groups excluding carboxylic acids is 2. The van der Waals surface area contributed by atoms with Crippen LogP contribution in [0.25, 0.3) is 0 Å². The summed E-state index contributed by atoms with van der Waals surface area (Å²) in [5, 5.41) is 8.35. The molecule has 1 unspecified atom stereocenters. The number of rotatable bonds is 4. The average molecular weight is 396 g/mol. The number of hydrogen-bond acceptors (Lipinski definition) is 5. The molecule has 6 nitrogen and oxygen atoms in total. The summed E-state index contributed by atoms with van der Waals surface area (Å²) in [5.41, 5.74) is -0.966. The van der Waals surface area contributed by atoms with Crippen LogP contribution < -0.4 is 4.90 Å². The maximum absolute atomic E-state index is 12.7. The molecule has 1 aliphatic heterocycles. The number of aromatic carboxylic acids is 1. The van der Waals surface area contributed by atoms with Crippen molar-refractivity contribution in [2.45, 2.75) is 22.9 Å². The van der Waals surface area contributed by atoms with Crippen LogP contribution in [0.3, 0.4) is 0 Å². The molecule has 140 valence electrons. The van der Waals surface area contributed by atoms with Gasteiger partial charge in [-0.3, -0.25) is 9.59 Å². The standard InChI is InChI=1S/C17H11F3N2O4S/c18-17(19,20)9-3-5-10(6-4-9)22-13(23)8-12(15(22)24)27-14-11(16(25)26)2-1-7-21-14/h1-7,12H,8H2,(H,25,26). The number of imide groups is 1. The van der Waals surface area contributed by atoms with Gasteiger partial charge in [-0.1, -0.05) is 11.8 Å². The molecule has 3 rings (SSSR count). The maximum Gasteiger partial charge on any atom is 0.416 e. The number of hydrogen-bond donors (Lipinski definition) is 1. The van der Waals surface area contributed by atoms with Gasteiger partial charge < -0.3 is 5.11 Å². The topological polar surface area (TPSA) is 87.6 Å². The smallest absolute Gasteiger partial charge is 0.416 e. The van der Waals surface area contributed by atoms with Gasteiger partial charge in [-0.2, -0.15) is 13.2 Å². The van der Waals surface area contributed by atoms with Crippen molar-refractivity contribution in [1.29, 1.82) is 0 Å². The van der Waals surface area contributed by atoms with Crippen LogP contribution in [0, 0.1) is 0 Å². The number of pyridine rings is 1. The fourth-order valence-corrected chi connectivity index (χ4v) is 3.65. The number of carbonyl (C=O) groups is 3. The molecule has 1 aliphatic rings. The number of carboxylic acids is 1. The zero-order valence-corrected chi connectivity index (χ0v) is 14.3. The molecule has 1 N–H and O–H groups in total. The molecule has 1 atom stereocenters. The molecular weight excluding hydrogens is 385 g/mol. The van der Waals surface area contributed by atoms with Gasteiger partial charge in [-0.25, -0.2) is 14.7 Å². The van der Waals surface area contributed by atoms with Crippen LogP contribution in [-0.4, -0.2) is 33.1 Å². The number of thioether (sulfide) groups is 1. The van der Waals surface area contributed by atoms with Crippen molar-refractivity contribution in [3.8, 4) is 0 Å². The van der Waals surface area contributed by atoms with Gasteiger partial charge in [0.25, 0.3) is 0 Å². The molecule has 0 aliphatic carbocycles. The fraction of sp³-hybridized carbons (Fsp3) is 0.176. The molecule has 1 aromatic heterocycles. The van der Waals surface area contributed by atoms with Gasteiger partial charge in [0.15, 0.2) is 0 Å². The summed E-state index contributed by atoms with van der Waals surface area (Å²) in [5.74, 6) is -2.43. The Labute approximate surface area is 155 Å². The van der Waals surface area contributed by atoms with E-state index in [2.05, 4.69) is 4.98 Å². The lowest BCUT2D eigenvalue weighted by atomic mass is 10.2. The quantitative estimate of drug-likeness (QED) is 0.799. The Morgan fingerprint density at radius 1 is 1.19 bits per heavy atom. The first-order valence-electron chi connectivity index (χ1n) is 7.57. The molecule has 0 saturated carbocycles. The second-order valence-corrected chi connectivity index (χ2v) is 6.78. The first-order valence-corrected chi connectivity index (χ1v) is 8.45. The summed E-state index contributed by atoms with van der Waals surface area (Å²) in [7, 11) is 0. The number of nitrogens with zero attached hydrogens (tertiary/aromatic N) is 2. The lowest BCUT2D eigenvalue weighted by Gasteiger charge is -2.16. The highest BCUT2D eigenvalue weighted by Crippen LogP contribution is 2.36. The van der Waals surface area contributed by atoms with E-state index in [4.69, 9.17) is 0 Å². The lowest BCUT2D eigenvalue weighted by molar-refractivity contribution is -0.137. The number of aromatic nitrogens is 1. The van der Waals surface area contributed by atoms with Crippen molar-refractivity contribution >= 4 is 35.2 Å². The van der Waals surface area contributed by atoms with Gasteiger partial charge in [-0.15, -0.1) is 0 Å². The number of benzene rings is 1. The van der Waals surface area contributed by atoms with E-state index in [1.807, 2.05) is 0 Å². The molecular formula is C17H11F3N2O4S. The number of halogens is 3. The Morgan fingerprint density at radius 2 is 1.85 bits per heavy atom. The van der Waals surface area contributed by atoms with Gasteiger partial charge in [-0.05, 0) is 36.4 Å². The van der Waals surface area contributed by atoms with Crippen molar-refractivity contribution in [2.75, 3.05) is 4.90 Å². The Hall–Kier alpha value is -2.88. The van der Waals surface area contributed by atoms with E-state index >= 15 is 0 Å². The van der Waals surface area contributed by atoms with E-state index in [9.17, 15) is 32.7 Å². The minimum absolute atomic E-state index is 0.0283. The van der Waals surface area contributed by atoms with Crippen LogP contribution in [0.5, 0.6) is 0 Å². The third kappa shape index (κ3) is 3.80. The van der Waals surface area contributed by atoms with Crippen LogP contribution in [-0.2, 0) is 15.8 Å². The largest absolute Gasteiger partial charge is 0.478 e. The minimum atomic E-state index is -4.53. The third-order valence-electron chi connectivity index (χ3n) is 3.81. The predicted molar refractivity (Wildman–Crippen MR) is 89.4 cm³/mol. The monoisotopic (exact) mass is 396 g/mol. The molecule has 0 spiro atoms. The van der Waals surface area contributed by atoms with Crippen LogP contribution in [0.15, 0.2) is 47.6 Å². The van der Waals surface area contributed by atoms with E-state index in [-0.39, 0.29) is 22.7 Å². The van der Waals surface area contributed by atoms with Gasteiger partial charge in [0.05, 0.1) is 22.1 Å². The third-order valence-corrected chi connectivity index (χ3v) is 5.01. The van der Waals surface area contributed by atoms with E-state index in [0.29, 0.717) is 0 Å². The van der Waals surface area contributed by atoms with Crippen LogP contribution in [0.1, 0.15) is 22.3 Å². The highest BCUT2D eigenvalue weighted by atomic mass is 32.2. The minimum Gasteiger partial charge on any atom is -0.478 e. The lowest BCUT2D eigenvalue weighted by Crippen LogP contribution is -2.31. The van der Waals surface area contributed by atoms with Gasteiger partial charge in [0.1, 0.15) is 5.03 Å². The average Bonchev–Trinajstić information content (AvgIpc) is 2.88. The Kier molecular flexibility index (Phi) is 4.92. The maximum atomic E-state index is 12.7. The normalized spacial score (nSPS) is 17.4. The van der Waals surface area contributed by atoms with Crippen LogP contribution in [0.2, 0.25) is 0 Å². The summed E-state index contributed by atoms with van der Waals surface area (Å²) in [6, 6.07) is 6.44. The highest BCUT2D eigenvalue weighted by molar-refractivity contribution is 8.00. The van der Waals surface area contributed by atoms with Crippen molar-refractivity contribution in [3.05, 3.63) is 53.7 Å². The second kappa shape index (κ2) is 7.03. The van der Waals surface area contributed by atoms with E-state index < -0.39 is 34.8 Å². The van der Waals surface area contributed by atoms with Crippen LogP contribution in [0.4, 0.5) is 18.9 Å². The van der Waals surface area contributed by atoms with Crippen molar-refractivity contribution < 1.29 is 32.7 Å². The second-order valence-electron chi connectivity index (χ2n) is 5.58. The Bertz CT molecular complexity index is 915. The molecule has 2 heterocycles. The molecule has 1 saturated heterocycles. The molecule has 0 bridgehead atoms. The SMILES string of the molecule is O=C(O)c1cccnc1SC1CC(=O)N(c2ccc(C(F)(F)F)cc2)C1=O. The van der Waals surface area contributed by atoms with Gasteiger partial charge in [0.2, 0.25) is 11.8 Å². The first-order chi connectivity index (χ1) is 12.7. The zero-order valence-electron chi connectivity index (χ0n) is 13.4. The summed E-state index contributed by atoms with van der Waals surface area (Å²) < 4.78 is 38.0. The van der Waals surface area contributed by atoms with Gasteiger partial charge >= 0.3 is 12.1 Å². The van der Waals surface area contributed by atoms with Crippen molar-refractivity contribution in [2.24, 2.45) is 0 Å². The van der Waals surface area contributed by atoms with E-state index in [0.717, 1.165) is 40.9 Å². The summed E-state index contributed by atoms with van der Waals surface area (Å²) in [6.07, 6.45) is -3.37. The zero-order chi connectivity index (χ0) is 19.8. The predicted octanol–water partition coefficient (Wildman–Crippen LogP) is 3.22. The van der Waals surface area contributed by atoms with Gasteiger partial charge in [0, 0.05) is 12.6 Å². The fourth-order valence-electron chi connectivity index (χ4n) is 2.55. The van der Waals surface area contributed by atoms with Crippen LogP contribution >= 0.6 is 11.8 Å². The van der Waals surface area contributed by atoms with E-state index in [1.165, 1.54) is 18.3 Å². The molecule has 27 heavy (non-hydrogen) atoms. The molecule has 2 aromatic rings. The number of anilines is 1. The van der Waals surface area contributed by atoms with E-state index in [1.54, 1.807) is 0 Å². The summed E-state index contributed by atoms with van der Waals surface area (Å²) >= 11 is 0.840. The number of carboxylic acid groups (broad SMARTS) is 1. The molecule has 10 heteroatoms.